The molecule has 28 heavy (non-hydrogen) atoms. The minimum Gasteiger partial charge on any atom is -0.353 e. The standard InChI is InChI=1S/C21H29ClN4O2/c22-16-5-3-4-15(10-16)12-23-17-11-19-21(28)24-13-18(26(19)14-17)6-7-20(27)25-8-1-2-9-25/h3-5,10,17-19,23H,1-2,6-9,11-14H2,(H,24,28)/t17-,18-,19-/m1/s1. The summed E-state index contributed by atoms with van der Waals surface area (Å²) in [7, 11) is 0. The Morgan fingerprint density at radius 2 is 2.11 bits per heavy atom. The molecule has 2 amide bonds. The van der Waals surface area contributed by atoms with E-state index >= 15 is 0 Å². The average Bonchev–Trinajstić information content (AvgIpc) is 3.36. The van der Waals surface area contributed by atoms with Crippen LogP contribution in [0.3, 0.4) is 0 Å². The zero-order valence-electron chi connectivity index (χ0n) is 16.2. The van der Waals surface area contributed by atoms with Gasteiger partial charge in [0.1, 0.15) is 0 Å². The van der Waals surface area contributed by atoms with E-state index < -0.39 is 0 Å². The van der Waals surface area contributed by atoms with E-state index in [9.17, 15) is 9.59 Å². The third-order valence-corrected chi connectivity index (χ3v) is 6.49. The molecule has 6 nitrogen and oxygen atoms in total. The van der Waals surface area contributed by atoms with E-state index in [2.05, 4.69) is 21.6 Å². The minimum absolute atomic E-state index is 0.0856. The highest BCUT2D eigenvalue weighted by atomic mass is 35.5. The quantitative estimate of drug-likeness (QED) is 0.758. The molecule has 4 rings (SSSR count). The van der Waals surface area contributed by atoms with Crippen molar-refractivity contribution < 1.29 is 9.59 Å². The fraction of sp³-hybridized carbons (Fsp3) is 0.619. The number of hydrogen-bond acceptors (Lipinski definition) is 4. The van der Waals surface area contributed by atoms with Crippen LogP contribution in [0.2, 0.25) is 5.02 Å². The van der Waals surface area contributed by atoms with Crippen LogP contribution in [0.1, 0.15) is 37.7 Å². The van der Waals surface area contributed by atoms with Gasteiger partial charge in [0.25, 0.3) is 0 Å². The monoisotopic (exact) mass is 404 g/mol. The van der Waals surface area contributed by atoms with Gasteiger partial charge in [0.2, 0.25) is 11.8 Å². The number of carbonyl (C=O) groups excluding carboxylic acids is 2. The summed E-state index contributed by atoms with van der Waals surface area (Å²) in [5.74, 6) is 0.384. The molecule has 0 radical (unpaired) electrons. The number of nitrogens with zero attached hydrogens (tertiary/aromatic N) is 2. The Morgan fingerprint density at radius 1 is 1.29 bits per heavy atom. The van der Waals surface area contributed by atoms with Crippen molar-refractivity contribution in [2.75, 3.05) is 26.2 Å². The zero-order chi connectivity index (χ0) is 19.5. The first-order chi connectivity index (χ1) is 13.6. The molecule has 2 N–H and O–H groups in total. The number of amides is 2. The van der Waals surface area contributed by atoms with Gasteiger partial charge in [0.15, 0.2) is 0 Å². The summed E-state index contributed by atoms with van der Waals surface area (Å²) in [6.07, 6.45) is 4.44. The third-order valence-electron chi connectivity index (χ3n) is 6.26. The lowest BCUT2D eigenvalue weighted by Crippen LogP contribution is -2.58. The molecule has 0 bridgehead atoms. The maximum Gasteiger partial charge on any atom is 0.237 e. The van der Waals surface area contributed by atoms with E-state index in [1.54, 1.807) is 0 Å². The van der Waals surface area contributed by atoms with E-state index in [-0.39, 0.29) is 29.9 Å². The van der Waals surface area contributed by atoms with Crippen molar-refractivity contribution in [3.8, 4) is 0 Å². The molecule has 1 aromatic rings. The highest BCUT2D eigenvalue weighted by molar-refractivity contribution is 6.30. The van der Waals surface area contributed by atoms with Crippen LogP contribution in [0.25, 0.3) is 0 Å². The first-order valence-electron chi connectivity index (χ1n) is 10.4. The van der Waals surface area contributed by atoms with Gasteiger partial charge in [-0.15, -0.1) is 0 Å². The normalized spacial score (nSPS) is 27.7. The van der Waals surface area contributed by atoms with Gasteiger partial charge in [-0.25, -0.2) is 0 Å². The zero-order valence-corrected chi connectivity index (χ0v) is 17.0. The molecular weight excluding hydrogens is 376 g/mol. The van der Waals surface area contributed by atoms with E-state index in [0.717, 1.165) is 62.4 Å². The fourth-order valence-electron chi connectivity index (χ4n) is 4.72. The Hall–Kier alpha value is -1.63. The fourth-order valence-corrected chi connectivity index (χ4v) is 4.93. The summed E-state index contributed by atoms with van der Waals surface area (Å²) >= 11 is 6.07. The first-order valence-corrected chi connectivity index (χ1v) is 10.8. The van der Waals surface area contributed by atoms with E-state index in [4.69, 9.17) is 11.6 Å². The molecule has 0 unspecified atom stereocenters. The number of nitrogens with one attached hydrogen (secondary N) is 2. The topological polar surface area (TPSA) is 64.7 Å². The molecule has 7 heteroatoms. The van der Waals surface area contributed by atoms with Gasteiger partial charge in [-0.2, -0.15) is 0 Å². The Labute approximate surface area is 171 Å². The lowest BCUT2D eigenvalue weighted by atomic mass is 10.0. The van der Waals surface area contributed by atoms with Gasteiger partial charge in [0.05, 0.1) is 6.04 Å². The maximum absolute atomic E-state index is 12.4. The van der Waals surface area contributed by atoms with E-state index in [1.165, 1.54) is 0 Å². The summed E-state index contributed by atoms with van der Waals surface area (Å²) in [5.41, 5.74) is 1.15. The van der Waals surface area contributed by atoms with Crippen molar-refractivity contribution >= 4 is 23.4 Å². The van der Waals surface area contributed by atoms with Crippen molar-refractivity contribution in [2.45, 2.75) is 56.8 Å². The van der Waals surface area contributed by atoms with Crippen molar-refractivity contribution in [3.63, 3.8) is 0 Å². The second-order valence-electron chi connectivity index (χ2n) is 8.18. The van der Waals surface area contributed by atoms with Crippen LogP contribution in [0.15, 0.2) is 24.3 Å². The smallest absolute Gasteiger partial charge is 0.237 e. The van der Waals surface area contributed by atoms with Crippen LogP contribution in [-0.2, 0) is 16.1 Å². The Kier molecular flexibility index (Phi) is 6.19. The van der Waals surface area contributed by atoms with Crippen LogP contribution < -0.4 is 10.6 Å². The molecule has 0 saturated carbocycles. The van der Waals surface area contributed by atoms with Gasteiger partial charge < -0.3 is 15.5 Å². The predicted molar refractivity (Wildman–Crippen MR) is 109 cm³/mol. The molecule has 3 heterocycles. The Morgan fingerprint density at radius 3 is 2.89 bits per heavy atom. The molecule has 3 atom stereocenters. The van der Waals surface area contributed by atoms with Gasteiger partial charge in [0, 0.05) is 56.3 Å². The Balaban J connectivity index is 1.31. The van der Waals surface area contributed by atoms with Crippen LogP contribution in [0.5, 0.6) is 0 Å². The average molecular weight is 405 g/mol. The number of piperazine rings is 1. The van der Waals surface area contributed by atoms with Crippen molar-refractivity contribution in [3.05, 3.63) is 34.9 Å². The molecule has 3 fully saturated rings. The van der Waals surface area contributed by atoms with Gasteiger partial charge in [-0.05, 0) is 43.4 Å². The molecular formula is C21H29ClN4O2. The third kappa shape index (κ3) is 4.50. The first kappa shape index (κ1) is 19.7. The van der Waals surface area contributed by atoms with Crippen molar-refractivity contribution in [1.82, 2.24) is 20.4 Å². The van der Waals surface area contributed by atoms with E-state index in [1.807, 2.05) is 23.1 Å². The lowest BCUT2D eigenvalue weighted by Gasteiger charge is -2.37. The van der Waals surface area contributed by atoms with Crippen molar-refractivity contribution in [1.29, 1.82) is 0 Å². The highest BCUT2D eigenvalue weighted by Gasteiger charge is 2.43. The minimum atomic E-state index is -0.0856. The van der Waals surface area contributed by atoms with E-state index in [0.29, 0.717) is 13.0 Å². The molecule has 0 spiro atoms. The number of halogens is 1. The second-order valence-corrected chi connectivity index (χ2v) is 8.62. The summed E-state index contributed by atoms with van der Waals surface area (Å²) in [5, 5.41) is 7.37. The number of benzene rings is 1. The Bertz CT molecular complexity index is 722. The molecule has 1 aromatic carbocycles. The predicted octanol–water partition coefficient (Wildman–Crippen LogP) is 1.77. The largest absolute Gasteiger partial charge is 0.353 e. The van der Waals surface area contributed by atoms with Crippen LogP contribution >= 0.6 is 11.6 Å². The van der Waals surface area contributed by atoms with Gasteiger partial charge >= 0.3 is 0 Å². The number of fused-ring (bicyclic) bond motifs is 1. The summed E-state index contributed by atoms with van der Waals surface area (Å²) in [6.45, 7) is 4.04. The summed E-state index contributed by atoms with van der Waals surface area (Å²) < 4.78 is 0. The number of carbonyl (C=O) groups is 2. The molecule has 152 valence electrons. The molecule has 0 aliphatic carbocycles. The highest BCUT2D eigenvalue weighted by Crippen LogP contribution is 2.26. The molecule has 3 aliphatic heterocycles. The van der Waals surface area contributed by atoms with Crippen LogP contribution in [0, 0.1) is 0 Å². The molecule has 3 aliphatic rings. The van der Waals surface area contributed by atoms with Gasteiger partial charge in [-0.1, -0.05) is 23.7 Å². The van der Waals surface area contributed by atoms with Gasteiger partial charge in [-0.3, -0.25) is 14.5 Å². The number of likely N-dealkylation sites (tertiary alicyclic amines) is 1. The van der Waals surface area contributed by atoms with Crippen LogP contribution in [-0.4, -0.2) is 65.9 Å². The summed E-state index contributed by atoms with van der Waals surface area (Å²) in [6, 6.07) is 8.28. The van der Waals surface area contributed by atoms with Crippen LogP contribution in [0.4, 0.5) is 0 Å². The molecule has 0 aromatic heterocycles. The molecule has 3 saturated heterocycles. The summed E-state index contributed by atoms with van der Waals surface area (Å²) in [4.78, 5) is 29.0. The number of hydrogen-bond donors (Lipinski definition) is 2. The second kappa shape index (κ2) is 8.80. The van der Waals surface area contributed by atoms with Crippen molar-refractivity contribution in [2.24, 2.45) is 0 Å². The lowest BCUT2D eigenvalue weighted by molar-refractivity contribution is -0.131. The maximum atomic E-state index is 12.4. The SMILES string of the molecule is O=C1NC[C@@H](CCC(=O)N2CCCC2)N2C[C@H](NCc3cccc(Cl)c3)C[C@H]12. The number of rotatable bonds is 6.